The van der Waals surface area contributed by atoms with Gasteiger partial charge in [0.05, 0.1) is 10.7 Å². The average Bonchev–Trinajstić information content (AvgIpc) is 2.51. The van der Waals surface area contributed by atoms with Crippen molar-refractivity contribution in [2.24, 2.45) is 0 Å². The lowest BCUT2D eigenvalue weighted by atomic mass is 10.1. The number of hydrogen-bond donors (Lipinski definition) is 0. The van der Waals surface area contributed by atoms with E-state index in [9.17, 15) is 4.79 Å². The maximum Gasteiger partial charge on any atom is 0.228 e. The molecule has 0 aromatic heterocycles. The second kappa shape index (κ2) is 4.38. The fourth-order valence-corrected chi connectivity index (χ4v) is 2.76. The van der Waals surface area contributed by atoms with Gasteiger partial charge in [-0.15, -0.1) is 0 Å². The number of benzene rings is 1. The molecule has 1 saturated heterocycles. The van der Waals surface area contributed by atoms with E-state index in [4.69, 9.17) is 11.6 Å². The minimum atomic E-state index is 0.132. The molecule has 1 aliphatic rings. The van der Waals surface area contributed by atoms with E-state index in [1.165, 1.54) is 0 Å². The topological polar surface area (TPSA) is 20.3 Å². The molecule has 16 heavy (non-hydrogen) atoms. The lowest BCUT2D eigenvalue weighted by Crippen LogP contribution is -2.25. The summed E-state index contributed by atoms with van der Waals surface area (Å²) in [5.74, 6) is 0.132. The van der Waals surface area contributed by atoms with Crippen LogP contribution >= 0.6 is 27.5 Å². The number of anilines is 1. The average molecular weight is 303 g/mol. The summed E-state index contributed by atoms with van der Waals surface area (Å²) in [6.45, 7) is 4.74. The van der Waals surface area contributed by atoms with Crippen LogP contribution in [0.1, 0.15) is 17.5 Å². The number of aryl methyl sites for hydroxylation is 2. The molecule has 1 unspecified atom stereocenters. The molecule has 1 amide bonds. The number of carbonyl (C=O) groups excluding carboxylic acids is 1. The first kappa shape index (κ1) is 11.9. The zero-order valence-corrected chi connectivity index (χ0v) is 11.6. The monoisotopic (exact) mass is 301 g/mol. The Balaban J connectivity index is 2.41. The molecular weight excluding hydrogens is 289 g/mol. The molecule has 1 fully saturated rings. The van der Waals surface area contributed by atoms with Crippen molar-refractivity contribution < 1.29 is 4.79 Å². The van der Waals surface area contributed by atoms with Crippen LogP contribution in [0.2, 0.25) is 5.02 Å². The van der Waals surface area contributed by atoms with Gasteiger partial charge in [-0.25, -0.2) is 0 Å². The molecular formula is C12H13BrClNO. The number of amides is 1. The molecule has 1 aromatic rings. The second-order valence-corrected chi connectivity index (χ2v) is 5.90. The maximum atomic E-state index is 11.8. The largest absolute Gasteiger partial charge is 0.310 e. The summed E-state index contributed by atoms with van der Waals surface area (Å²) in [7, 11) is 0. The summed E-state index contributed by atoms with van der Waals surface area (Å²) in [6, 6.07) is 3.90. The molecule has 2 rings (SSSR count). The van der Waals surface area contributed by atoms with E-state index >= 15 is 0 Å². The zero-order chi connectivity index (χ0) is 11.9. The van der Waals surface area contributed by atoms with Gasteiger partial charge < -0.3 is 4.90 Å². The van der Waals surface area contributed by atoms with Crippen molar-refractivity contribution in [1.29, 1.82) is 0 Å². The number of carbonyl (C=O) groups is 1. The third-order valence-electron chi connectivity index (χ3n) is 2.93. The maximum absolute atomic E-state index is 11.8. The number of hydrogen-bond acceptors (Lipinski definition) is 1. The first-order chi connectivity index (χ1) is 7.49. The Hall–Kier alpha value is -0.540. The Morgan fingerprint density at radius 2 is 2.00 bits per heavy atom. The van der Waals surface area contributed by atoms with Crippen LogP contribution < -0.4 is 4.90 Å². The first-order valence-corrected chi connectivity index (χ1v) is 6.49. The van der Waals surface area contributed by atoms with E-state index in [-0.39, 0.29) is 10.7 Å². The van der Waals surface area contributed by atoms with Gasteiger partial charge in [-0.05, 0) is 37.1 Å². The Kier molecular flexibility index (Phi) is 3.27. The second-order valence-electron chi connectivity index (χ2n) is 4.19. The highest BCUT2D eigenvalue weighted by molar-refractivity contribution is 9.09. The normalized spacial score (nSPS) is 20.6. The Bertz CT molecular complexity index is 447. The number of halogens is 2. The Morgan fingerprint density at radius 1 is 1.38 bits per heavy atom. The first-order valence-electron chi connectivity index (χ1n) is 5.20. The summed E-state index contributed by atoms with van der Waals surface area (Å²) >= 11 is 9.65. The molecule has 0 bridgehead atoms. The lowest BCUT2D eigenvalue weighted by molar-refractivity contribution is -0.117. The Labute approximate surface area is 109 Å². The van der Waals surface area contributed by atoms with E-state index in [1.54, 1.807) is 4.90 Å². The SMILES string of the molecule is Cc1cc(Cl)c(N2CC(Br)CC2=O)cc1C. The summed E-state index contributed by atoms with van der Waals surface area (Å²) in [4.78, 5) is 13.8. The Morgan fingerprint density at radius 3 is 2.56 bits per heavy atom. The summed E-state index contributed by atoms with van der Waals surface area (Å²) in [5, 5.41) is 0.651. The number of alkyl halides is 1. The molecule has 0 spiro atoms. The van der Waals surface area contributed by atoms with Gasteiger partial charge in [0.2, 0.25) is 5.91 Å². The van der Waals surface area contributed by atoms with E-state index in [2.05, 4.69) is 15.9 Å². The van der Waals surface area contributed by atoms with Crippen molar-refractivity contribution >= 4 is 39.1 Å². The van der Waals surface area contributed by atoms with Gasteiger partial charge in [0.1, 0.15) is 0 Å². The number of rotatable bonds is 1. The van der Waals surface area contributed by atoms with Crippen LogP contribution in [0.4, 0.5) is 5.69 Å². The highest BCUT2D eigenvalue weighted by Gasteiger charge is 2.30. The fourth-order valence-electron chi connectivity index (χ4n) is 1.87. The van der Waals surface area contributed by atoms with E-state index in [0.717, 1.165) is 16.8 Å². The smallest absolute Gasteiger partial charge is 0.228 e. The highest BCUT2D eigenvalue weighted by Crippen LogP contribution is 2.33. The van der Waals surface area contributed by atoms with Crippen LogP contribution in [0.15, 0.2) is 12.1 Å². The summed E-state index contributed by atoms with van der Waals surface area (Å²) < 4.78 is 0. The van der Waals surface area contributed by atoms with Crippen molar-refractivity contribution in [3.8, 4) is 0 Å². The van der Waals surface area contributed by atoms with Crippen molar-refractivity contribution in [2.45, 2.75) is 25.1 Å². The van der Waals surface area contributed by atoms with Crippen LogP contribution in [0.25, 0.3) is 0 Å². The van der Waals surface area contributed by atoms with Gasteiger partial charge in [0, 0.05) is 17.8 Å². The molecule has 86 valence electrons. The van der Waals surface area contributed by atoms with Crippen molar-refractivity contribution in [2.75, 3.05) is 11.4 Å². The van der Waals surface area contributed by atoms with Gasteiger partial charge >= 0.3 is 0 Å². The predicted octanol–water partition coefficient (Wildman–Crippen LogP) is 3.46. The molecule has 2 nitrogen and oxygen atoms in total. The predicted molar refractivity (Wildman–Crippen MR) is 70.6 cm³/mol. The van der Waals surface area contributed by atoms with E-state index < -0.39 is 0 Å². The van der Waals surface area contributed by atoms with Crippen LogP contribution in [0.5, 0.6) is 0 Å². The van der Waals surface area contributed by atoms with Crippen LogP contribution in [-0.2, 0) is 4.79 Å². The number of nitrogens with zero attached hydrogens (tertiary/aromatic N) is 1. The molecule has 1 aliphatic heterocycles. The minimum absolute atomic E-state index is 0.132. The molecule has 1 heterocycles. The van der Waals surface area contributed by atoms with E-state index in [1.807, 2.05) is 26.0 Å². The van der Waals surface area contributed by atoms with Crippen LogP contribution in [0, 0.1) is 13.8 Å². The van der Waals surface area contributed by atoms with Crippen molar-refractivity contribution in [1.82, 2.24) is 0 Å². The summed E-state index contributed by atoms with van der Waals surface area (Å²) in [6.07, 6.45) is 0.545. The van der Waals surface area contributed by atoms with Gasteiger partial charge in [-0.1, -0.05) is 27.5 Å². The lowest BCUT2D eigenvalue weighted by Gasteiger charge is -2.19. The third kappa shape index (κ3) is 2.11. The van der Waals surface area contributed by atoms with Gasteiger partial charge in [-0.3, -0.25) is 4.79 Å². The van der Waals surface area contributed by atoms with Crippen LogP contribution in [-0.4, -0.2) is 17.3 Å². The highest BCUT2D eigenvalue weighted by atomic mass is 79.9. The third-order valence-corrected chi connectivity index (χ3v) is 3.85. The minimum Gasteiger partial charge on any atom is -0.310 e. The molecule has 0 saturated carbocycles. The van der Waals surface area contributed by atoms with Crippen molar-refractivity contribution in [3.63, 3.8) is 0 Å². The quantitative estimate of drug-likeness (QED) is 0.728. The van der Waals surface area contributed by atoms with Gasteiger partial charge in [0.15, 0.2) is 0 Å². The fraction of sp³-hybridized carbons (Fsp3) is 0.417. The van der Waals surface area contributed by atoms with E-state index in [0.29, 0.717) is 18.0 Å². The molecule has 0 N–H and O–H groups in total. The molecule has 1 aromatic carbocycles. The van der Waals surface area contributed by atoms with Crippen LogP contribution in [0.3, 0.4) is 0 Å². The van der Waals surface area contributed by atoms with Gasteiger partial charge in [-0.2, -0.15) is 0 Å². The molecule has 1 atom stereocenters. The molecule has 4 heteroatoms. The molecule has 0 radical (unpaired) electrons. The summed E-state index contributed by atoms with van der Waals surface area (Å²) in [5.41, 5.74) is 3.14. The molecule has 0 aliphatic carbocycles. The standard InChI is InChI=1S/C12H13BrClNO/c1-7-3-10(14)11(4-8(7)2)15-6-9(13)5-12(15)16/h3-4,9H,5-6H2,1-2H3. The zero-order valence-electron chi connectivity index (χ0n) is 9.26. The van der Waals surface area contributed by atoms with Gasteiger partial charge in [0.25, 0.3) is 0 Å². The van der Waals surface area contributed by atoms with Crippen molar-refractivity contribution in [3.05, 3.63) is 28.3 Å².